The summed E-state index contributed by atoms with van der Waals surface area (Å²) >= 11 is 1.09. The smallest absolute Gasteiger partial charge is 0.367 e. The average Bonchev–Trinajstić information content (AvgIpc) is 3.33. The Hall–Kier alpha value is -2.45. The van der Waals surface area contributed by atoms with Gasteiger partial charge in [-0.15, -0.1) is 11.3 Å². The highest BCUT2D eigenvalue weighted by molar-refractivity contribution is 7.18. The number of thiophene rings is 1. The summed E-state index contributed by atoms with van der Waals surface area (Å²) < 4.78 is 38.4. The standard InChI is InChI=1S/C25H27F3N4S/c1-15-9-17-3-4-18(16(2)21(17)10-15)13-32-7-5-19(6-8-32)31-23-22-11-20(12-25(26,27)28)33-24(22)30-14-29-23/h3-4,10-11,14,19H,5-9,12-13H2,1-2H3,(H,29,30,31). The number of aromatic nitrogens is 2. The zero-order valence-electron chi connectivity index (χ0n) is 18.8. The van der Waals surface area contributed by atoms with Crippen molar-refractivity contribution in [1.29, 1.82) is 0 Å². The van der Waals surface area contributed by atoms with Crippen LogP contribution < -0.4 is 5.32 Å². The number of halogens is 3. The molecule has 0 radical (unpaired) electrons. The zero-order chi connectivity index (χ0) is 23.2. The lowest BCUT2D eigenvalue weighted by Crippen LogP contribution is -2.39. The molecule has 8 heteroatoms. The van der Waals surface area contributed by atoms with E-state index in [0.29, 0.717) is 16.0 Å². The first-order chi connectivity index (χ1) is 15.7. The molecule has 2 aromatic heterocycles. The number of likely N-dealkylation sites (tertiary alicyclic amines) is 1. The van der Waals surface area contributed by atoms with E-state index in [4.69, 9.17) is 0 Å². The number of benzene rings is 1. The molecule has 0 spiro atoms. The summed E-state index contributed by atoms with van der Waals surface area (Å²) in [6.45, 7) is 7.31. The van der Waals surface area contributed by atoms with Crippen molar-refractivity contribution in [1.82, 2.24) is 14.9 Å². The van der Waals surface area contributed by atoms with E-state index in [1.165, 1.54) is 34.2 Å². The highest BCUT2D eigenvalue weighted by Gasteiger charge is 2.29. The first-order valence-electron chi connectivity index (χ1n) is 11.3. The number of fused-ring (bicyclic) bond motifs is 2. The first kappa shape index (κ1) is 22.3. The second kappa shape index (κ2) is 8.72. The highest BCUT2D eigenvalue weighted by Crippen LogP contribution is 2.34. The van der Waals surface area contributed by atoms with Crippen molar-refractivity contribution in [3.63, 3.8) is 0 Å². The van der Waals surface area contributed by atoms with Crippen LogP contribution in [0.2, 0.25) is 0 Å². The molecule has 0 amide bonds. The number of hydrogen-bond donors (Lipinski definition) is 1. The average molecular weight is 473 g/mol. The van der Waals surface area contributed by atoms with Gasteiger partial charge in [0.2, 0.25) is 0 Å². The van der Waals surface area contributed by atoms with Gasteiger partial charge in [0.1, 0.15) is 17.0 Å². The summed E-state index contributed by atoms with van der Waals surface area (Å²) in [5.41, 5.74) is 7.03. The molecule has 1 aliphatic heterocycles. The number of alkyl halides is 3. The zero-order valence-corrected chi connectivity index (χ0v) is 19.6. The van der Waals surface area contributed by atoms with Crippen LogP contribution in [-0.4, -0.2) is 40.2 Å². The van der Waals surface area contributed by atoms with Gasteiger partial charge in [0.15, 0.2) is 0 Å². The molecule has 1 fully saturated rings. The van der Waals surface area contributed by atoms with Gasteiger partial charge in [0.25, 0.3) is 0 Å². The highest BCUT2D eigenvalue weighted by atomic mass is 32.1. The van der Waals surface area contributed by atoms with Crippen LogP contribution in [0, 0.1) is 6.92 Å². The maximum atomic E-state index is 12.8. The summed E-state index contributed by atoms with van der Waals surface area (Å²) in [4.78, 5) is 11.9. The lowest BCUT2D eigenvalue weighted by molar-refractivity contribution is -0.126. The SMILES string of the molecule is CC1=Cc2c(ccc(CN3CCC(Nc4ncnc5sc(CC(F)(F)F)cc45)CC3)c2C)C1. The first-order valence-corrected chi connectivity index (χ1v) is 12.1. The van der Waals surface area contributed by atoms with Crippen molar-refractivity contribution < 1.29 is 13.2 Å². The van der Waals surface area contributed by atoms with E-state index < -0.39 is 12.6 Å². The van der Waals surface area contributed by atoms with Crippen LogP contribution in [0.15, 0.2) is 30.1 Å². The number of allylic oxidation sites excluding steroid dienone is 1. The minimum Gasteiger partial charge on any atom is -0.367 e. The molecule has 1 saturated heterocycles. The fraction of sp³-hybridized carbons (Fsp3) is 0.440. The van der Waals surface area contributed by atoms with E-state index in [1.54, 1.807) is 6.07 Å². The van der Waals surface area contributed by atoms with E-state index >= 15 is 0 Å². The van der Waals surface area contributed by atoms with Crippen molar-refractivity contribution in [2.75, 3.05) is 18.4 Å². The lowest BCUT2D eigenvalue weighted by atomic mass is 9.97. The lowest BCUT2D eigenvalue weighted by Gasteiger charge is -2.33. The molecule has 33 heavy (non-hydrogen) atoms. The van der Waals surface area contributed by atoms with Gasteiger partial charge in [-0.2, -0.15) is 13.2 Å². The number of rotatable bonds is 5. The van der Waals surface area contributed by atoms with Gasteiger partial charge < -0.3 is 5.32 Å². The van der Waals surface area contributed by atoms with E-state index in [0.717, 1.165) is 50.2 Å². The summed E-state index contributed by atoms with van der Waals surface area (Å²) in [6, 6.07) is 6.37. The molecular formula is C25H27F3N4S. The fourth-order valence-electron chi connectivity index (χ4n) is 4.93. The summed E-state index contributed by atoms with van der Waals surface area (Å²) in [7, 11) is 0. The third-order valence-corrected chi connectivity index (χ3v) is 7.70. The Bertz CT molecular complexity index is 1210. The Balaban J connectivity index is 1.22. The molecule has 1 N–H and O–H groups in total. The summed E-state index contributed by atoms with van der Waals surface area (Å²) in [5, 5.41) is 4.16. The number of nitrogens with zero attached hydrogens (tertiary/aromatic N) is 3. The molecule has 0 unspecified atom stereocenters. The van der Waals surface area contributed by atoms with Crippen molar-refractivity contribution in [2.45, 2.75) is 58.3 Å². The molecule has 0 bridgehead atoms. The van der Waals surface area contributed by atoms with Gasteiger partial charge in [-0.1, -0.05) is 23.8 Å². The molecule has 1 aliphatic carbocycles. The van der Waals surface area contributed by atoms with Crippen LogP contribution in [-0.2, 0) is 19.4 Å². The Kier molecular flexibility index (Phi) is 5.91. The second-order valence-electron chi connectivity index (χ2n) is 9.23. The minimum absolute atomic E-state index is 0.247. The normalized spacial score (nSPS) is 17.4. The maximum Gasteiger partial charge on any atom is 0.393 e. The van der Waals surface area contributed by atoms with E-state index in [2.05, 4.69) is 52.2 Å². The van der Waals surface area contributed by atoms with Crippen molar-refractivity contribution in [3.05, 3.63) is 57.2 Å². The van der Waals surface area contributed by atoms with Crippen LogP contribution in [0.1, 0.15) is 46.9 Å². The second-order valence-corrected chi connectivity index (χ2v) is 10.3. The molecule has 174 valence electrons. The van der Waals surface area contributed by atoms with Gasteiger partial charge in [-0.25, -0.2) is 9.97 Å². The third-order valence-electron chi connectivity index (χ3n) is 6.65. The number of piperidine rings is 1. The maximum absolute atomic E-state index is 12.8. The van der Waals surface area contributed by atoms with E-state index in [1.807, 2.05) is 0 Å². The molecule has 1 aromatic carbocycles. The quantitative estimate of drug-likeness (QED) is 0.484. The predicted molar refractivity (Wildman–Crippen MR) is 128 cm³/mol. The van der Waals surface area contributed by atoms with Gasteiger partial charge in [0.05, 0.1) is 11.8 Å². The van der Waals surface area contributed by atoms with Crippen molar-refractivity contribution >= 4 is 33.4 Å². The molecule has 2 aliphatic rings. The van der Waals surface area contributed by atoms with Gasteiger partial charge in [0, 0.05) is 30.6 Å². The van der Waals surface area contributed by atoms with Crippen molar-refractivity contribution in [3.8, 4) is 0 Å². The number of nitrogens with one attached hydrogen (secondary N) is 1. The van der Waals surface area contributed by atoms with E-state index in [9.17, 15) is 13.2 Å². The Labute approximate surface area is 195 Å². The molecule has 4 nitrogen and oxygen atoms in total. The van der Waals surface area contributed by atoms with E-state index in [-0.39, 0.29) is 10.9 Å². The van der Waals surface area contributed by atoms with Crippen LogP contribution in [0.4, 0.5) is 19.0 Å². The van der Waals surface area contributed by atoms with Crippen LogP contribution in [0.25, 0.3) is 16.3 Å². The molecule has 5 rings (SSSR count). The Morgan fingerprint density at radius 2 is 1.94 bits per heavy atom. The number of hydrogen-bond acceptors (Lipinski definition) is 5. The third kappa shape index (κ3) is 4.92. The largest absolute Gasteiger partial charge is 0.393 e. The Morgan fingerprint density at radius 3 is 2.70 bits per heavy atom. The molecule has 0 saturated carbocycles. The van der Waals surface area contributed by atoms with Gasteiger partial charge in [-0.3, -0.25) is 4.90 Å². The van der Waals surface area contributed by atoms with Crippen LogP contribution in [0.5, 0.6) is 0 Å². The van der Waals surface area contributed by atoms with Gasteiger partial charge >= 0.3 is 6.18 Å². The van der Waals surface area contributed by atoms with Crippen molar-refractivity contribution in [2.24, 2.45) is 0 Å². The Morgan fingerprint density at radius 1 is 1.15 bits per heavy atom. The van der Waals surface area contributed by atoms with Crippen LogP contribution >= 0.6 is 11.3 Å². The fourth-order valence-corrected chi connectivity index (χ4v) is 5.96. The molecule has 3 heterocycles. The molecule has 0 atom stereocenters. The molecule has 3 aromatic rings. The van der Waals surface area contributed by atoms with Crippen LogP contribution in [0.3, 0.4) is 0 Å². The van der Waals surface area contributed by atoms with Gasteiger partial charge in [-0.05, 0) is 61.4 Å². The number of anilines is 1. The predicted octanol–water partition coefficient (Wildman–Crippen LogP) is 6.14. The minimum atomic E-state index is -4.22. The summed E-state index contributed by atoms with van der Waals surface area (Å²) in [6.07, 6.45) is 1.59. The topological polar surface area (TPSA) is 41.0 Å². The summed E-state index contributed by atoms with van der Waals surface area (Å²) in [5.74, 6) is 0.639. The monoisotopic (exact) mass is 472 g/mol. The molecular weight excluding hydrogens is 445 g/mol.